The van der Waals surface area contributed by atoms with Crippen LogP contribution in [-0.2, 0) is 32.5 Å². The molecule has 5 heteroatoms. The number of hydrogen-bond donors (Lipinski definition) is 0. The maximum atomic E-state index is 7.07. The van der Waals surface area contributed by atoms with Crippen LogP contribution in [0.3, 0.4) is 0 Å². The molecule has 0 aliphatic heterocycles. The van der Waals surface area contributed by atoms with E-state index in [1.165, 1.54) is 38.6 Å². The Bertz CT molecular complexity index is 3840. The lowest BCUT2D eigenvalue weighted by molar-refractivity contribution is 0.403. The number of aromatic nitrogens is 2. The highest BCUT2D eigenvalue weighted by Gasteiger charge is 2.44. The quantitative estimate of drug-likeness (QED) is 0.176. The number of furan rings is 2. The molecule has 5 nitrogen and oxygen atoms in total. The van der Waals surface area contributed by atoms with E-state index in [9.17, 15) is 0 Å². The minimum atomic E-state index is -0.197. The van der Waals surface area contributed by atoms with Crippen LogP contribution in [0.2, 0.25) is 0 Å². The van der Waals surface area contributed by atoms with Crippen LogP contribution in [0.15, 0.2) is 118 Å². The maximum absolute atomic E-state index is 7.07. The smallest absolute Gasteiger partial charge is 0.223 e. The van der Waals surface area contributed by atoms with E-state index >= 15 is 0 Å². The third-order valence-electron chi connectivity index (χ3n) is 16.0. The van der Waals surface area contributed by atoms with Crippen LogP contribution in [-0.4, -0.2) is 9.97 Å². The number of benzene rings is 6. The normalized spacial score (nSPS) is 17.2. The predicted octanol–water partition coefficient (Wildman–Crippen LogP) is 18.2. The summed E-state index contributed by atoms with van der Waals surface area (Å²) in [6, 6.07) is 37.7. The summed E-state index contributed by atoms with van der Waals surface area (Å²) in [5.74, 6) is 1.14. The van der Waals surface area contributed by atoms with Crippen molar-refractivity contribution in [2.45, 2.75) is 142 Å². The molecule has 10 aromatic rings. The van der Waals surface area contributed by atoms with E-state index in [4.69, 9.17) is 23.5 Å². The summed E-state index contributed by atoms with van der Waals surface area (Å²) in [6.07, 6.45) is 4.08. The number of fused-ring (bicyclic) bond motifs is 14. The number of ether oxygens (including phenoxy) is 1. The molecule has 2 aliphatic carbocycles. The van der Waals surface area contributed by atoms with Gasteiger partial charge >= 0.3 is 0 Å². The molecule has 0 bridgehead atoms. The summed E-state index contributed by atoms with van der Waals surface area (Å²) < 4.78 is 21.0. The summed E-state index contributed by atoms with van der Waals surface area (Å²) in [4.78, 5) is 10.5. The van der Waals surface area contributed by atoms with Crippen molar-refractivity contribution >= 4 is 65.4 Å². The number of pyridine rings is 2. The largest absolute Gasteiger partial charge is 0.455 e. The van der Waals surface area contributed by atoms with Gasteiger partial charge in [-0.25, -0.2) is 4.98 Å². The number of nitrogens with zero attached hydrogens (tertiary/aromatic N) is 2. The lowest BCUT2D eigenvalue weighted by atomic mass is 9.81. The fourth-order valence-electron chi connectivity index (χ4n) is 13.3. The van der Waals surface area contributed by atoms with Gasteiger partial charge in [0.25, 0.3) is 0 Å². The molecule has 12 rings (SSSR count). The Morgan fingerprint density at radius 2 is 1.00 bits per heavy atom. The molecule has 0 saturated carbocycles. The Balaban J connectivity index is 1.04. The summed E-state index contributed by atoms with van der Waals surface area (Å²) in [5, 5.41) is 8.91. The van der Waals surface area contributed by atoms with Crippen LogP contribution in [0.25, 0.3) is 87.9 Å². The predicted molar refractivity (Wildman–Crippen MR) is 288 cm³/mol. The molecular formula is C64H64N2O3. The van der Waals surface area contributed by atoms with Crippen LogP contribution in [0, 0.1) is 0 Å². The van der Waals surface area contributed by atoms with Crippen molar-refractivity contribution in [1.82, 2.24) is 9.97 Å². The number of hydrogen-bond acceptors (Lipinski definition) is 5. The van der Waals surface area contributed by atoms with Crippen molar-refractivity contribution in [3.8, 4) is 34.1 Å². The molecule has 4 heterocycles. The lowest BCUT2D eigenvalue weighted by Crippen LogP contribution is -2.18. The van der Waals surface area contributed by atoms with Crippen molar-refractivity contribution in [2.24, 2.45) is 0 Å². The molecular weight excluding hydrogens is 845 g/mol. The molecule has 0 fully saturated rings. The van der Waals surface area contributed by atoms with Gasteiger partial charge in [0.2, 0.25) is 5.88 Å². The van der Waals surface area contributed by atoms with Crippen LogP contribution in [0.4, 0.5) is 0 Å². The minimum absolute atomic E-state index is 0.0365. The van der Waals surface area contributed by atoms with Crippen molar-refractivity contribution < 1.29 is 13.6 Å². The first-order chi connectivity index (χ1) is 32.4. The van der Waals surface area contributed by atoms with Gasteiger partial charge < -0.3 is 13.6 Å². The Hall–Kier alpha value is -6.46. The van der Waals surface area contributed by atoms with Gasteiger partial charge in [-0.15, -0.1) is 0 Å². The second-order valence-electron chi connectivity index (χ2n) is 25.3. The molecule has 4 aromatic heterocycles. The van der Waals surface area contributed by atoms with Crippen molar-refractivity contribution in [2.75, 3.05) is 0 Å². The van der Waals surface area contributed by atoms with Crippen molar-refractivity contribution in [1.29, 1.82) is 0 Å². The summed E-state index contributed by atoms with van der Waals surface area (Å²) in [5.41, 5.74) is 15.2. The fraction of sp³-hybridized carbons (Fsp3) is 0.344. The highest BCUT2D eigenvalue weighted by Crippen LogP contribution is 2.55. The van der Waals surface area contributed by atoms with Gasteiger partial charge in [0, 0.05) is 44.9 Å². The molecule has 0 saturated heterocycles. The summed E-state index contributed by atoms with van der Waals surface area (Å²) >= 11 is 0. The first-order valence-corrected chi connectivity index (χ1v) is 25.0. The molecule has 6 aromatic carbocycles. The van der Waals surface area contributed by atoms with Crippen LogP contribution in [0.5, 0.6) is 11.6 Å². The Labute approximate surface area is 406 Å². The van der Waals surface area contributed by atoms with Gasteiger partial charge in [0.05, 0.1) is 22.2 Å². The van der Waals surface area contributed by atoms with Gasteiger partial charge in [-0.2, -0.15) is 0 Å². The van der Waals surface area contributed by atoms with E-state index < -0.39 is 0 Å². The molecule has 0 atom stereocenters. The molecule has 0 radical (unpaired) electrons. The van der Waals surface area contributed by atoms with Crippen molar-refractivity contribution in [3.63, 3.8) is 0 Å². The van der Waals surface area contributed by atoms with E-state index in [2.05, 4.69) is 188 Å². The minimum Gasteiger partial charge on any atom is -0.455 e. The standard InChI is InChI=1S/C64H64N2O3/c1-59(2,3)37-17-15-16-35(28-37)56-52-45-21-19-41-43(23-25-47-54(41)64(13,14)34-62(47,9)10)58(45)69-49(52)32-50(66-56)67-39-30-36(29-38(31-39)60(4,5)6)55-51-44-20-18-40-42(57(44)68-48(51)26-27-65-55)22-24-46-53(40)63(11,12)33-61(46,7)8/h15-32H,33-34H2,1-14H3. The average Bonchev–Trinajstić information content (AvgIpc) is 3.96. The monoisotopic (exact) mass is 908 g/mol. The van der Waals surface area contributed by atoms with E-state index in [0.717, 1.165) is 95.6 Å². The van der Waals surface area contributed by atoms with E-state index in [-0.39, 0.29) is 32.5 Å². The first kappa shape index (κ1) is 43.8. The fourth-order valence-corrected chi connectivity index (χ4v) is 13.3. The molecule has 0 spiro atoms. The highest BCUT2D eigenvalue weighted by atomic mass is 16.5. The van der Waals surface area contributed by atoms with E-state index in [1.54, 1.807) is 0 Å². The SMILES string of the molecule is CC(C)(C)c1cc(Oc2cc3oc4c5ccc6c(c5ccc4c3c(-c3cccc(C(C)(C)C)c3)n2)C(C)(C)CC6(C)C)cc(-c2nccc3oc4c5ccc6c(c5ccc4c23)C(C)(C)CC6(C)C)c1. The Morgan fingerprint density at radius 3 is 1.58 bits per heavy atom. The third kappa shape index (κ3) is 6.62. The second-order valence-corrected chi connectivity index (χ2v) is 25.3. The van der Waals surface area contributed by atoms with E-state index in [0.29, 0.717) is 11.6 Å². The van der Waals surface area contributed by atoms with Gasteiger partial charge in [-0.1, -0.05) is 152 Å². The van der Waals surface area contributed by atoms with Crippen LogP contribution >= 0.6 is 0 Å². The van der Waals surface area contributed by atoms with Crippen LogP contribution in [0.1, 0.15) is 143 Å². The molecule has 0 N–H and O–H groups in total. The van der Waals surface area contributed by atoms with Gasteiger partial charge in [-0.05, 0) is 132 Å². The van der Waals surface area contributed by atoms with Gasteiger partial charge in [0.15, 0.2) is 0 Å². The molecule has 0 unspecified atom stereocenters. The molecule has 0 amide bonds. The zero-order chi connectivity index (χ0) is 48.5. The zero-order valence-corrected chi connectivity index (χ0v) is 42.9. The Kier molecular flexibility index (Phi) is 8.94. The first-order valence-electron chi connectivity index (χ1n) is 25.0. The summed E-state index contributed by atoms with van der Waals surface area (Å²) in [7, 11) is 0. The van der Waals surface area contributed by atoms with Crippen LogP contribution < -0.4 is 4.74 Å². The van der Waals surface area contributed by atoms with Crippen molar-refractivity contribution in [3.05, 3.63) is 143 Å². The average molecular weight is 909 g/mol. The summed E-state index contributed by atoms with van der Waals surface area (Å²) in [6.45, 7) is 32.5. The lowest BCUT2D eigenvalue weighted by Gasteiger charge is -2.23. The van der Waals surface area contributed by atoms with E-state index in [1.807, 2.05) is 18.3 Å². The zero-order valence-electron chi connectivity index (χ0n) is 42.9. The maximum Gasteiger partial charge on any atom is 0.223 e. The molecule has 69 heavy (non-hydrogen) atoms. The van der Waals surface area contributed by atoms with Gasteiger partial charge in [-0.3, -0.25) is 4.98 Å². The topological polar surface area (TPSA) is 61.3 Å². The molecule has 2 aliphatic rings. The van der Waals surface area contributed by atoms with Gasteiger partial charge in [0.1, 0.15) is 28.1 Å². The molecule has 348 valence electrons. The number of rotatable bonds is 4. The Morgan fingerprint density at radius 1 is 0.478 bits per heavy atom. The highest BCUT2D eigenvalue weighted by molar-refractivity contribution is 6.20. The third-order valence-corrected chi connectivity index (χ3v) is 16.0. The second kappa shape index (κ2) is 14.1.